The van der Waals surface area contributed by atoms with E-state index in [4.69, 9.17) is 5.26 Å². The van der Waals surface area contributed by atoms with Crippen molar-refractivity contribution in [2.75, 3.05) is 0 Å². The van der Waals surface area contributed by atoms with Gasteiger partial charge in [0.2, 0.25) is 5.95 Å². The first-order valence-electron chi connectivity index (χ1n) is 4.44. The minimum atomic E-state index is -5.32. The maximum atomic E-state index is 12.8. The molecule has 3 nitrogen and oxygen atoms in total. The monoisotopic (exact) mass is 288 g/mol. The summed E-state index contributed by atoms with van der Waals surface area (Å²) in [7, 11) is 0. The van der Waals surface area contributed by atoms with E-state index in [1.165, 1.54) is 6.07 Å². The number of rotatable bonds is 2. The van der Waals surface area contributed by atoms with Crippen LogP contribution in [0.1, 0.15) is 11.3 Å². The SMILES string of the molecule is N#CCc1c(OC(F)(F)F)cc(F)nc1C(F)(F)F. The molecule has 0 aliphatic carbocycles. The van der Waals surface area contributed by atoms with E-state index >= 15 is 0 Å². The standard InChI is InChI=1S/C9H3F7N2O/c10-6-3-5(19-9(14,15)16)4(1-2-17)7(18-6)8(11,12)13/h3H,1H2. The molecule has 0 bridgehead atoms. The van der Waals surface area contributed by atoms with Gasteiger partial charge in [0.05, 0.1) is 12.5 Å². The smallest absolute Gasteiger partial charge is 0.405 e. The predicted octanol–water partition coefficient (Wildman–Crippen LogP) is 3.20. The fourth-order valence-electron chi connectivity index (χ4n) is 1.22. The highest BCUT2D eigenvalue weighted by Gasteiger charge is 2.40. The molecule has 0 saturated heterocycles. The maximum absolute atomic E-state index is 12.8. The van der Waals surface area contributed by atoms with Gasteiger partial charge in [0.15, 0.2) is 5.69 Å². The summed E-state index contributed by atoms with van der Waals surface area (Å²) in [4.78, 5) is 2.46. The van der Waals surface area contributed by atoms with Crippen LogP contribution in [-0.4, -0.2) is 11.3 Å². The Labute approximate surface area is 101 Å². The zero-order valence-electron chi connectivity index (χ0n) is 8.73. The second-order valence-electron chi connectivity index (χ2n) is 3.15. The Morgan fingerprint density at radius 3 is 2.21 bits per heavy atom. The fraction of sp³-hybridized carbons (Fsp3) is 0.333. The zero-order valence-corrected chi connectivity index (χ0v) is 8.73. The van der Waals surface area contributed by atoms with Gasteiger partial charge in [-0.3, -0.25) is 0 Å². The number of hydrogen-bond acceptors (Lipinski definition) is 3. The van der Waals surface area contributed by atoms with Crippen molar-refractivity contribution in [1.82, 2.24) is 4.98 Å². The lowest BCUT2D eigenvalue weighted by atomic mass is 10.1. The van der Waals surface area contributed by atoms with Crippen LogP contribution in [0.4, 0.5) is 30.7 Å². The largest absolute Gasteiger partial charge is 0.573 e. The summed E-state index contributed by atoms with van der Waals surface area (Å²) in [5.41, 5.74) is -3.10. The number of alkyl halides is 6. The van der Waals surface area contributed by atoms with Crippen molar-refractivity contribution in [1.29, 1.82) is 5.26 Å². The van der Waals surface area contributed by atoms with E-state index in [0.717, 1.165) is 0 Å². The van der Waals surface area contributed by atoms with Gasteiger partial charge in [-0.15, -0.1) is 13.2 Å². The third-order valence-electron chi connectivity index (χ3n) is 1.80. The number of halogens is 7. The van der Waals surface area contributed by atoms with Crippen LogP contribution in [0.3, 0.4) is 0 Å². The minimum Gasteiger partial charge on any atom is -0.405 e. The van der Waals surface area contributed by atoms with Crippen LogP contribution < -0.4 is 4.74 Å². The van der Waals surface area contributed by atoms with Crippen molar-refractivity contribution in [3.8, 4) is 11.8 Å². The molecule has 19 heavy (non-hydrogen) atoms. The van der Waals surface area contributed by atoms with Crippen LogP contribution in [-0.2, 0) is 12.6 Å². The number of nitrogens with zero attached hydrogens (tertiary/aromatic N) is 2. The highest BCUT2D eigenvalue weighted by atomic mass is 19.4. The van der Waals surface area contributed by atoms with Gasteiger partial charge in [-0.2, -0.15) is 22.8 Å². The lowest BCUT2D eigenvalue weighted by molar-refractivity contribution is -0.275. The quantitative estimate of drug-likeness (QED) is 0.620. The van der Waals surface area contributed by atoms with Crippen LogP contribution in [0, 0.1) is 17.3 Å². The Hall–Kier alpha value is -2.05. The first-order chi connectivity index (χ1) is 8.54. The molecule has 0 amide bonds. The highest BCUT2D eigenvalue weighted by molar-refractivity contribution is 5.39. The van der Waals surface area contributed by atoms with Gasteiger partial charge in [-0.05, 0) is 0 Å². The Morgan fingerprint density at radius 2 is 1.79 bits per heavy atom. The molecule has 0 aromatic carbocycles. The average Bonchev–Trinajstić information content (AvgIpc) is 2.17. The van der Waals surface area contributed by atoms with Gasteiger partial charge in [0.1, 0.15) is 5.75 Å². The second kappa shape index (κ2) is 4.91. The molecule has 0 unspecified atom stereocenters. The summed E-state index contributed by atoms with van der Waals surface area (Å²) >= 11 is 0. The topological polar surface area (TPSA) is 45.9 Å². The van der Waals surface area contributed by atoms with Crippen LogP contribution in [0.2, 0.25) is 0 Å². The molecule has 104 valence electrons. The van der Waals surface area contributed by atoms with Crippen molar-refractivity contribution < 1.29 is 35.5 Å². The van der Waals surface area contributed by atoms with E-state index in [1.54, 1.807) is 0 Å². The summed E-state index contributed by atoms with van der Waals surface area (Å²) in [6.45, 7) is 0. The molecule has 1 rings (SSSR count). The van der Waals surface area contributed by atoms with Crippen molar-refractivity contribution in [3.63, 3.8) is 0 Å². The lowest BCUT2D eigenvalue weighted by Crippen LogP contribution is -2.21. The first-order valence-corrected chi connectivity index (χ1v) is 4.44. The molecule has 0 N–H and O–H groups in total. The van der Waals surface area contributed by atoms with Gasteiger partial charge in [0, 0.05) is 11.6 Å². The molecular weight excluding hydrogens is 285 g/mol. The van der Waals surface area contributed by atoms with Crippen molar-refractivity contribution in [2.45, 2.75) is 19.0 Å². The van der Waals surface area contributed by atoms with Crippen molar-refractivity contribution >= 4 is 0 Å². The summed E-state index contributed by atoms with van der Waals surface area (Å²) in [5.74, 6) is -3.23. The first kappa shape index (κ1) is 15.0. The molecule has 1 aromatic rings. The maximum Gasteiger partial charge on any atom is 0.573 e. The molecule has 1 heterocycles. The number of aromatic nitrogens is 1. The van der Waals surface area contributed by atoms with Crippen LogP contribution >= 0.6 is 0 Å². The van der Waals surface area contributed by atoms with Gasteiger partial charge < -0.3 is 4.74 Å². The molecule has 0 atom stereocenters. The average molecular weight is 288 g/mol. The van der Waals surface area contributed by atoms with E-state index in [2.05, 4.69) is 9.72 Å². The zero-order chi connectivity index (χ0) is 14.8. The highest BCUT2D eigenvalue weighted by Crippen LogP contribution is 2.37. The van der Waals surface area contributed by atoms with Gasteiger partial charge in [-0.25, -0.2) is 4.98 Å². The molecule has 1 aromatic heterocycles. The summed E-state index contributed by atoms with van der Waals surface area (Å²) in [6, 6.07) is 1.27. The fourth-order valence-corrected chi connectivity index (χ4v) is 1.22. The third-order valence-corrected chi connectivity index (χ3v) is 1.80. The van der Waals surface area contributed by atoms with Crippen molar-refractivity contribution in [2.24, 2.45) is 0 Å². The molecule has 0 aliphatic heterocycles. The summed E-state index contributed by atoms with van der Waals surface area (Å²) < 4.78 is 89.5. The van der Waals surface area contributed by atoms with Gasteiger partial charge in [0.25, 0.3) is 0 Å². The molecule has 0 saturated carbocycles. The van der Waals surface area contributed by atoms with Crippen LogP contribution in [0.5, 0.6) is 5.75 Å². The number of hydrogen-bond donors (Lipinski definition) is 0. The van der Waals surface area contributed by atoms with Crippen LogP contribution in [0.15, 0.2) is 6.07 Å². The number of pyridine rings is 1. The van der Waals surface area contributed by atoms with E-state index in [9.17, 15) is 30.7 Å². The Morgan fingerprint density at radius 1 is 1.21 bits per heavy atom. The van der Waals surface area contributed by atoms with Crippen LogP contribution in [0.25, 0.3) is 0 Å². The summed E-state index contributed by atoms with van der Waals surface area (Å²) in [6.07, 6.45) is -11.6. The van der Waals surface area contributed by atoms with Gasteiger partial charge in [-0.1, -0.05) is 0 Å². The normalized spacial score (nSPS) is 12.1. The molecular formula is C9H3F7N2O. The third kappa shape index (κ3) is 3.97. The Balaban J connectivity index is 3.45. The van der Waals surface area contributed by atoms with E-state index in [-0.39, 0.29) is 6.07 Å². The second-order valence-corrected chi connectivity index (χ2v) is 3.15. The predicted molar refractivity (Wildman–Crippen MR) is 45.2 cm³/mol. The number of ether oxygens (including phenoxy) is 1. The Kier molecular flexibility index (Phi) is 3.88. The van der Waals surface area contributed by atoms with E-state index < -0.39 is 41.9 Å². The van der Waals surface area contributed by atoms with Gasteiger partial charge >= 0.3 is 12.5 Å². The lowest BCUT2D eigenvalue weighted by Gasteiger charge is -2.16. The molecule has 0 aliphatic rings. The van der Waals surface area contributed by atoms with E-state index in [1.807, 2.05) is 0 Å². The molecule has 0 spiro atoms. The molecule has 10 heteroatoms. The summed E-state index contributed by atoms with van der Waals surface area (Å²) in [5, 5.41) is 8.33. The van der Waals surface area contributed by atoms with Crippen molar-refractivity contribution in [3.05, 3.63) is 23.3 Å². The molecule has 0 radical (unpaired) electrons. The minimum absolute atomic E-state index is 0.0371. The van der Waals surface area contributed by atoms with E-state index in [0.29, 0.717) is 0 Å². The Bertz CT molecular complexity index is 515. The number of nitriles is 1. The molecule has 0 fully saturated rings.